The first kappa shape index (κ1) is 22.8. The average Bonchev–Trinajstić information content (AvgIpc) is 3.36. The van der Waals surface area contributed by atoms with Gasteiger partial charge in [0.25, 0.3) is 11.5 Å². The van der Waals surface area contributed by atoms with E-state index in [4.69, 9.17) is 4.74 Å². The van der Waals surface area contributed by atoms with E-state index in [1.165, 1.54) is 16.8 Å². The number of hydrogen-bond donors (Lipinski definition) is 2. The second kappa shape index (κ2) is 8.35. The summed E-state index contributed by atoms with van der Waals surface area (Å²) in [7, 11) is -3.99. The topological polar surface area (TPSA) is 110 Å². The fraction of sp³-hybridized carbons (Fsp3) is 0.167. The zero-order valence-electron chi connectivity index (χ0n) is 18.4. The molecular weight excluding hydrogens is 480 g/mol. The van der Waals surface area contributed by atoms with Crippen LogP contribution in [0.1, 0.15) is 21.6 Å². The molecule has 35 heavy (non-hydrogen) atoms. The Morgan fingerprint density at radius 1 is 1.20 bits per heavy atom. The second-order valence-electron chi connectivity index (χ2n) is 8.24. The Balaban J connectivity index is 1.88. The standard InChI is InChI=1S/C24H19F2N3O5S/c1-35(32,33)28-24(31)22-21(16-3-2-7-27-23(16)30)17-11-20-13(6-8-34-20)10-19(17)29(22)12-14-9-15(25)4-5-18(14)26/h2-5,7,9-11H,6,8,12H2,1H3,(H,27,30)(H,28,31). The van der Waals surface area contributed by atoms with Gasteiger partial charge in [-0.3, -0.25) is 9.59 Å². The Morgan fingerprint density at radius 3 is 2.74 bits per heavy atom. The van der Waals surface area contributed by atoms with E-state index in [1.807, 2.05) is 4.72 Å². The van der Waals surface area contributed by atoms with Crippen molar-refractivity contribution in [2.45, 2.75) is 13.0 Å². The maximum Gasteiger partial charge on any atom is 0.282 e. The van der Waals surface area contributed by atoms with Crippen molar-refractivity contribution in [3.63, 3.8) is 0 Å². The highest BCUT2D eigenvalue weighted by Crippen LogP contribution is 2.39. The van der Waals surface area contributed by atoms with E-state index >= 15 is 0 Å². The molecule has 4 aromatic rings. The number of aromatic amines is 1. The lowest BCUT2D eigenvalue weighted by molar-refractivity contribution is 0.0974. The van der Waals surface area contributed by atoms with Crippen molar-refractivity contribution in [1.29, 1.82) is 0 Å². The van der Waals surface area contributed by atoms with Crippen molar-refractivity contribution in [3.8, 4) is 16.9 Å². The summed E-state index contributed by atoms with van der Waals surface area (Å²) in [5.74, 6) is -1.82. The van der Waals surface area contributed by atoms with Gasteiger partial charge < -0.3 is 14.3 Å². The molecule has 8 nitrogen and oxygen atoms in total. The Morgan fingerprint density at radius 2 is 2.00 bits per heavy atom. The van der Waals surface area contributed by atoms with Crippen LogP contribution in [0.5, 0.6) is 5.75 Å². The Kier molecular flexibility index (Phi) is 5.43. The number of carbonyl (C=O) groups excluding carboxylic acids is 1. The van der Waals surface area contributed by atoms with Crippen molar-refractivity contribution < 1.29 is 26.7 Å². The second-order valence-corrected chi connectivity index (χ2v) is 9.99. The van der Waals surface area contributed by atoms with Gasteiger partial charge >= 0.3 is 0 Å². The molecule has 2 N–H and O–H groups in total. The molecule has 2 aromatic heterocycles. The number of nitrogens with one attached hydrogen (secondary N) is 2. The number of sulfonamides is 1. The van der Waals surface area contributed by atoms with Crippen LogP contribution in [0.15, 0.2) is 53.5 Å². The fourth-order valence-corrected chi connectivity index (χ4v) is 4.80. The van der Waals surface area contributed by atoms with E-state index < -0.39 is 33.1 Å². The Hall–Kier alpha value is -3.99. The lowest BCUT2D eigenvalue weighted by Gasteiger charge is -2.13. The van der Waals surface area contributed by atoms with Crippen LogP contribution in [0, 0.1) is 11.6 Å². The van der Waals surface area contributed by atoms with Crippen LogP contribution in [-0.2, 0) is 23.0 Å². The van der Waals surface area contributed by atoms with Crippen LogP contribution in [0.25, 0.3) is 22.0 Å². The summed E-state index contributed by atoms with van der Waals surface area (Å²) >= 11 is 0. The number of carbonyl (C=O) groups is 1. The molecule has 1 aliphatic rings. The van der Waals surface area contributed by atoms with Gasteiger partial charge in [0.2, 0.25) is 10.0 Å². The molecule has 2 aromatic carbocycles. The van der Waals surface area contributed by atoms with E-state index in [0.717, 1.165) is 30.0 Å². The molecule has 11 heteroatoms. The molecule has 180 valence electrons. The monoisotopic (exact) mass is 499 g/mol. The van der Waals surface area contributed by atoms with E-state index in [0.29, 0.717) is 29.7 Å². The van der Waals surface area contributed by atoms with Crippen molar-refractivity contribution in [2.75, 3.05) is 12.9 Å². The first-order chi connectivity index (χ1) is 16.6. The molecule has 3 heterocycles. The zero-order valence-corrected chi connectivity index (χ0v) is 19.2. The third-order valence-corrected chi connectivity index (χ3v) is 6.35. The normalized spacial score (nSPS) is 13.0. The number of pyridine rings is 1. The minimum absolute atomic E-state index is 0.0550. The SMILES string of the molecule is CS(=O)(=O)NC(=O)c1c(-c2ccc[nH]c2=O)c2cc3c(cc2n1Cc1cc(F)ccc1F)CCO3. The van der Waals surface area contributed by atoms with Gasteiger partial charge in [-0.15, -0.1) is 0 Å². The maximum atomic E-state index is 14.6. The molecule has 1 aliphatic heterocycles. The summed E-state index contributed by atoms with van der Waals surface area (Å²) in [5, 5.41) is 0.429. The molecule has 0 aliphatic carbocycles. The molecule has 0 saturated heterocycles. The van der Waals surface area contributed by atoms with E-state index in [2.05, 4.69) is 4.98 Å². The van der Waals surface area contributed by atoms with Crippen molar-refractivity contribution in [1.82, 2.24) is 14.3 Å². The highest BCUT2D eigenvalue weighted by Gasteiger charge is 2.29. The van der Waals surface area contributed by atoms with Crippen LogP contribution in [0.3, 0.4) is 0 Å². The third-order valence-electron chi connectivity index (χ3n) is 5.79. The number of rotatable bonds is 5. The number of fused-ring (bicyclic) bond motifs is 2. The molecule has 0 spiro atoms. The van der Waals surface area contributed by atoms with Crippen LogP contribution in [0.2, 0.25) is 0 Å². The number of benzene rings is 2. The van der Waals surface area contributed by atoms with Crippen LogP contribution >= 0.6 is 0 Å². The lowest BCUT2D eigenvalue weighted by Crippen LogP contribution is -2.32. The van der Waals surface area contributed by atoms with Gasteiger partial charge in [0.05, 0.1) is 24.9 Å². The number of nitrogens with zero attached hydrogens (tertiary/aromatic N) is 1. The Bertz CT molecular complexity index is 1670. The third kappa shape index (κ3) is 4.18. The number of ether oxygens (including phenoxy) is 1. The molecule has 0 saturated carbocycles. The first-order valence-electron chi connectivity index (χ1n) is 10.6. The lowest BCUT2D eigenvalue weighted by atomic mass is 10.0. The predicted molar refractivity (Wildman–Crippen MR) is 125 cm³/mol. The molecular formula is C24H19F2N3O5S. The van der Waals surface area contributed by atoms with Crippen molar-refractivity contribution >= 4 is 26.8 Å². The van der Waals surface area contributed by atoms with Gasteiger partial charge in [-0.1, -0.05) is 0 Å². The highest BCUT2D eigenvalue weighted by molar-refractivity contribution is 7.89. The van der Waals surface area contributed by atoms with Gasteiger partial charge in [0, 0.05) is 34.7 Å². The van der Waals surface area contributed by atoms with Gasteiger partial charge in [0.1, 0.15) is 23.1 Å². The number of halogens is 2. The van der Waals surface area contributed by atoms with E-state index in [1.54, 1.807) is 18.2 Å². The summed E-state index contributed by atoms with van der Waals surface area (Å²) in [6.45, 7) is 0.153. The number of amides is 1. The molecule has 0 radical (unpaired) electrons. The maximum absolute atomic E-state index is 14.6. The molecule has 0 unspecified atom stereocenters. The summed E-state index contributed by atoms with van der Waals surface area (Å²) in [6.07, 6.45) is 2.84. The Labute approximate surface area is 198 Å². The van der Waals surface area contributed by atoms with Crippen LogP contribution in [0.4, 0.5) is 8.78 Å². The molecule has 0 bridgehead atoms. The van der Waals surface area contributed by atoms with Crippen LogP contribution < -0.4 is 15.0 Å². The van der Waals surface area contributed by atoms with Gasteiger partial charge in [-0.05, 0) is 48.0 Å². The minimum atomic E-state index is -3.99. The van der Waals surface area contributed by atoms with E-state index in [-0.39, 0.29) is 28.9 Å². The summed E-state index contributed by atoms with van der Waals surface area (Å²) in [6, 6.07) is 9.44. The number of H-pyrrole nitrogens is 1. The zero-order chi connectivity index (χ0) is 24.9. The summed E-state index contributed by atoms with van der Waals surface area (Å²) in [4.78, 5) is 28.6. The summed E-state index contributed by atoms with van der Waals surface area (Å²) in [5.41, 5.74) is 0.772. The smallest absolute Gasteiger partial charge is 0.282 e. The van der Waals surface area contributed by atoms with Gasteiger partial charge in [0.15, 0.2) is 0 Å². The average molecular weight is 499 g/mol. The van der Waals surface area contributed by atoms with Crippen molar-refractivity contribution in [2.24, 2.45) is 0 Å². The van der Waals surface area contributed by atoms with Crippen LogP contribution in [-0.4, -0.2) is 36.7 Å². The van der Waals surface area contributed by atoms with Gasteiger partial charge in [-0.2, -0.15) is 0 Å². The quantitative estimate of drug-likeness (QED) is 0.439. The molecule has 0 atom stereocenters. The fourth-order valence-electron chi connectivity index (χ4n) is 4.36. The molecule has 1 amide bonds. The minimum Gasteiger partial charge on any atom is -0.493 e. The van der Waals surface area contributed by atoms with Crippen molar-refractivity contribution in [3.05, 3.63) is 87.5 Å². The summed E-state index contributed by atoms with van der Waals surface area (Å²) < 4.78 is 61.5. The van der Waals surface area contributed by atoms with E-state index in [9.17, 15) is 26.8 Å². The molecule has 0 fully saturated rings. The molecule has 5 rings (SSSR count). The highest BCUT2D eigenvalue weighted by atomic mass is 32.2. The number of aromatic nitrogens is 2. The first-order valence-corrected chi connectivity index (χ1v) is 12.5. The largest absolute Gasteiger partial charge is 0.493 e. The number of hydrogen-bond acceptors (Lipinski definition) is 5. The predicted octanol–water partition coefficient (Wildman–Crippen LogP) is 2.95. The van der Waals surface area contributed by atoms with Gasteiger partial charge in [-0.25, -0.2) is 21.9 Å².